The van der Waals surface area contributed by atoms with Crippen LogP contribution in [0.4, 0.5) is 5.82 Å². The second kappa shape index (κ2) is 5.51. The third-order valence-corrected chi connectivity index (χ3v) is 5.25. The number of fused-ring (bicyclic) bond motifs is 2. The van der Waals surface area contributed by atoms with Crippen molar-refractivity contribution < 1.29 is 0 Å². The summed E-state index contributed by atoms with van der Waals surface area (Å²) in [5.74, 6) is 1.86. The fourth-order valence-electron chi connectivity index (χ4n) is 2.22. The van der Waals surface area contributed by atoms with Gasteiger partial charge in [0.15, 0.2) is 0 Å². The molecule has 0 aliphatic rings. The van der Waals surface area contributed by atoms with Crippen molar-refractivity contribution in [2.45, 2.75) is 10.8 Å². The molecule has 3 aromatic heterocycles. The Bertz CT molecular complexity index is 966. The maximum Gasteiger partial charge on any atom is 0.141 e. The average Bonchev–Trinajstić information content (AvgIpc) is 3.02. The van der Waals surface area contributed by atoms with Crippen LogP contribution in [0.2, 0.25) is 0 Å². The first-order valence-electron chi connectivity index (χ1n) is 6.63. The van der Waals surface area contributed by atoms with Crippen LogP contribution in [0.15, 0.2) is 47.1 Å². The fraction of sp³-hybridized carbons (Fsp3) is 0.0667. The minimum absolute atomic E-state index is 0.519. The Morgan fingerprint density at radius 3 is 2.91 bits per heavy atom. The Hall–Kier alpha value is -2.25. The standard InChI is InChI=1S/C15H11N5S2/c16-14-9-3-1-2-4-10(9)19-12(20-14)7-22-15-13-11(5-6-21-13)17-8-18-15/h1-6,8H,7H2,(H2,16,19,20). The summed E-state index contributed by atoms with van der Waals surface area (Å²) in [5.41, 5.74) is 7.86. The molecule has 0 saturated heterocycles. The van der Waals surface area contributed by atoms with Crippen LogP contribution in [0.1, 0.15) is 5.82 Å². The van der Waals surface area contributed by atoms with Crippen molar-refractivity contribution in [1.82, 2.24) is 19.9 Å². The van der Waals surface area contributed by atoms with Gasteiger partial charge in [-0.15, -0.1) is 11.3 Å². The molecule has 0 saturated carbocycles. The molecule has 0 amide bonds. The largest absolute Gasteiger partial charge is 0.383 e. The summed E-state index contributed by atoms with van der Waals surface area (Å²) in [5, 5.41) is 3.86. The molecule has 0 atom stereocenters. The molecule has 4 aromatic rings. The Balaban J connectivity index is 1.65. The molecule has 2 N–H and O–H groups in total. The molecule has 0 radical (unpaired) electrons. The SMILES string of the molecule is Nc1nc(CSc2ncnc3ccsc23)nc2ccccc12. The minimum atomic E-state index is 0.519. The lowest BCUT2D eigenvalue weighted by Crippen LogP contribution is -2.00. The highest BCUT2D eigenvalue weighted by Gasteiger charge is 2.09. The predicted octanol–water partition coefficient (Wildman–Crippen LogP) is 3.51. The molecule has 0 spiro atoms. The van der Waals surface area contributed by atoms with Gasteiger partial charge < -0.3 is 5.73 Å². The molecule has 0 unspecified atom stereocenters. The van der Waals surface area contributed by atoms with Crippen molar-refractivity contribution in [2.75, 3.05) is 5.73 Å². The highest BCUT2D eigenvalue weighted by Crippen LogP contribution is 2.30. The van der Waals surface area contributed by atoms with Crippen molar-refractivity contribution in [1.29, 1.82) is 0 Å². The van der Waals surface area contributed by atoms with Gasteiger partial charge in [-0.05, 0) is 23.6 Å². The molecule has 0 fully saturated rings. The zero-order valence-corrected chi connectivity index (χ0v) is 13.1. The fourth-order valence-corrected chi connectivity index (χ4v) is 4.02. The first kappa shape index (κ1) is 13.4. The Labute approximate surface area is 134 Å². The van der Waals surface area contributed by atoms with Crippen LogP contribution in [0.25, 0.3) is 21.1 Å². The molecule has 1 aromatic carbocycles. The van der Waals surface area contributed by atoms with E-state index >= 15 is 0 Å². The van der Waals surface area contributed by atoms with E-state index in [2.05, 4.69) is 19.9 Å². The van der Waals surface area contributed by atoms with Gasteiger partial charge in [0.1, 0.15) is 23.0 Å². The quantitative estimate of drug-likeness (QED) is 0.459. The summed E-state index contributed by atoms with van der Waals surface area (Å²) < 4.78 is 1.10. The number of hydrogen-bond donors (Lipinski definition) is 1. The van der Waals surface area contributed by atoms with Crippen molar-refractivity contribution in [3.8, 4) is 0 Å². The molecule has 22 heavy (non-hydrogen) atoms. The van der Waals surface area contributed by atoms with E-state index < -0.39 is 0 Å². The van der Waals surface area contributed by atoms with Crippen molar-refractivity contribution in [3.05, 3.63) is 47.9 Å². The topological polar surface area (TPSA) is 77.6 Å². The highest BCUT2D eigenvalue weighted by atomic mass is 32.2. The summed E-state index contributed by atoms with van der Waals surface area (Å²) in [4.78, 5) is 17.6. The van der Waals surface area contributed by atoms with E-state index in [0.29, 0.717) is 17.4 Å². The van der Waals surface area contributed by atoms with E-state index in [1.54, 1.807) is 29.4 Å². The van der Waals surface area contributed by atoms with Crippen molar-refractivity contribution in [2.24, 2.45) is 0 Å². The Morgan fingerprint density at radius 1 is 1.05 bits per heavy atom. The number of rotatable bonds is 3. The van der Waals surface area contributed by atoms with Crippen LogP contribution in [-0.2, 0) is 5.75 Å². The number of para-hydroxylation sites is 1. The van der Waals surface area contributed by atoms with Gasteiger partial charge in [-0.1, -0.05) is 23.9 Å². The number of hydrogen-bond acceptors (Lipinski definition) is 7. The van der Waals surface area contributed by atoms with Gasteiger partial charge in [0, 0.05) is 5.39 Å². The van der Waals surface area contributed by atoms with Gasteiger partial charge in [0.25, 0.3) is 0 Å². The minimum Gasteiger partial charge on any atom is -0.383 e. The molecule has 5 nitrogen and oxygen atoms in total. The summed E-state index contributed by atoms with van der Waals surface area (Å²) in [7, 11) is 0. The van der Waals surface area contributed by atoms with Gasteiger partial charge >= 0.3 is 0 Å². The zero-order chi connectivity index (χ0) is 14.9. The van der Waals surface area contributed by atoms with Crippen molar-refractivity contribution in [3.63, 3.8) is 0 Å². The van der Waals surface area contributed by atoms with Crippen LogP contribution in [-0.4, -0.2) is 19.9 Å². The zero-order valence-electron chi connectivity index (χ0n) is 11.4. The number of benzene rings is 1. The average molecular weight is 325 g/mol. The summed E-state index contributed by atoms with van der Waals surface area (Å²) in [6.45, 7) is 0. The maximum absolute atomic E-state index is 6.02. The number of nitrogens with zero attached hydrogens (tertiary/aromatic N) is 4. The third-order valence-electron chi connectivity index (χ3n) is 3.23. The third kappa shape index (κ3) is 2.38. The molecule has 3 heterocycles. The second-order valence-corrected chi connectivity index (χ2v) is 6.52. The summed E-state index contributed by atoms with van der Waals surface area (Å²) in [6.07, 6.45) is 1.59. The smallest absolute Gasteiger partial charge is 0.141 e. The van der Waals surface area contributed by atoms with Crippen LogP contribution in [0.5, 0.6) is 0 Å². The second-order valence-electron chi connectivity index (χ2n) is 4.64. The normalized spacial score (nSPS) is 11.3. The van der Waals surface area contributed by atoms with E-state index in [9.17, 15) is 0 Å². The van der Waals surface area contributed by atoms with E-state index in [1.807, 2.05) is 35.7 Å². The molecule has 0 aliphatic heterocycles. The molecule has 4 rings (SSSR count). The van der Waals surface area contributed by atoms with Crippen LogP contribution in [0.3, 0.4) is 0 Å². The maximum atomic E-state index is 6.02. The molecule has 108 valence electrons. The molecular formula is C15H11N5S2. The van der Waals surface area contributed by atoms with E-state index in [1.165, 1.54) is 0 Å². The monoisotopic (exact) mass is 325 g/mol. The first-order chi connectivity index (χ1) is 10.8. The molecular weight excluding hydrogens is 314 g/mol. The van der Waals surface area contributed by atoms with Crippen molar-refractivity contribution >= 4 is 50.0 Å². The summed E-state index contributed by atoms with van der Waals surface area (Å²) >= 11 is 3.25. The van der Waals surface area contributed by atoms with Crippen LogP contribution >= 0.6 is 23.1 Å². The summed E-state index contributed by atoms with van der Waals surface area (Å²) in [6, 6.07) is 9.76. The predicted molar refractivity (Wildman–Crippen MR) is 90.9 cm³/mol. The molecule has 0 bridgehead atoms. The molecule has 7 heteroatoms. The van der Waals surface area contributed by atoms with Crippen LogP contribution in [0, 0.1) is 0 Å². The van der Waals surface area contributed by atoms with Gasteiger partial charge in [-0.3, -0.25) is 0 Å². The number of anilines is 1. The van der Waals surface area contributed by atoms with Crippen LogP contribution < -0.4 is 5.73 Å². The lowest BCUT2D eigenvalue weighted by molar-refractivity contribution is 1.06. The highest BCUT2D eigenvalue weighted by molar-refractivity contribution is 7.98. The number of nitrogen functional groups attached to an aromatic ring is 1. The first-order valence-corrected chi connectivity index (χ1v) is 8.50. The number of thiophene rings is 1. The van der Waals surface area contributed by atoms with Gasteiger partial charge in [0.05, 0.1) is 21.5 Å². The van der Waals surface area contributed by atoms with E-state index in [4.69, 9.17) is 5.73 Å². The van der Waals surface area contributed by atoms with Gasteiger partial charge in [-0.25, -0.2) is 19.9 Å². The molecule has 0 aliphatic carbocycles. The lowest BCUT2D eigenvalue weighted by Gasteiger charge is -2.05. The van der Waals surface area contributed by atoms with E-state index in [0.717, 1.165) is 26.1 Å². The lowest BCUT2D eigenvalue weighted by atomic mass is 10.2. The van der Waals surface area contributed by atoms with Gasteiger partial charge in [-0.2, -0.15) is 0 Å². The van der Waals surface area contributed by atoms with E-state index in [-0.39, 0.29) is 0 Å². The number of nitrogens with two attached hydrogens (primary N) is 1. The Kier molecular flexibility index (Phi) is 3.36. The van der Waals surface area contributed by atoms with Gasteiger partial charge in [0.2, 0.25) is 0 Å². The number of aromatic nitrogens is 4. The Morgan fingerprint density at radius 2 is 1.95 bits per heavy atom. The number of thioether (sulfide) groups is 1.